The average Bonchev–Trinajstić information content (AvgIpc) is 3.45. The number of benzene rings is 2. The first kappa shape index (κ1) is 20.7. The molecule has 0 heterocycles. The predicted molar refractivity (Wildman–Crippen MR) is 111 cm³/mol. The first-order chi connectivity index (χ1) is 12.7. The molecule has 1 saturated carbocycles. The molecule has 27 heavy (non-hydrogen) atoms. The van der Waals surface area contributed by atoms with Crippen LogP contribution < -0.4 is 21.3 Å². The Hall–Kier alpha value is -2.57. The summed E-state index contributed by atoms with van der Waals surface area (Å²) in [5.41, 5.74) is 2.90. The van der Waals surface area contributed by atoms with Crippen LogP contribution in [-0.2, 0) is 6.54 Å². The van der Waals surface area contributed by atoms with Crippen molar-refractivity contribution in [3.05, 3.63) is 59.7 Å². The summed E-state index contributed by atoms with van der Waals surface area (Å²) in [4.78, 5) is 24.5. The number of nitrogens with one attached hydrogen (secondary N) is 4. The molecule has 144 valence electrons. The zero-order valence-corrected chi connectivity index (χ0v) is 16.1. The van der Waals surface area contributed by atoms with Gasteiger partial charge in [0.1, 0.15) is 0 Å². The van der Waals surface area contributed by atoms with E-state index in [-0.39, 0.29) is 30.4 Å². The van der Waals surface area contributed by atoms with Gasteiger partial charge in [0.25, 0.3) is 5.91 Å². The average molecular weight is 389 g/mol. The number of hydrogen-bond acceptors (Lipinski definition) is 3. The van der Waals surface area contributed by atoms with E-state index < -0.39 is 0 Å². The van der Waals surface area contributed by atoms with Crippen molar-refractivity contribution in [2.45, 2.75) is 32.4 Å². The van der Waals surface area contributed by atoms with Crippen LogP contribution in [0.5, 0.6) is 0 Å². The van der Waals surface area contributed by atoms with E-state index in [1.807, 2.05) is 31.2 Å². The second-order valence-electron chi connectivity index (χ2n) is 6.35. The third-order valence-corrected chi connectivity index (χ3v) is 4.13. The zero-order chi connectivity index (χ0) is 18.4. The number of carbonyl (C=O) groups is 2. The van der Waals surface area contributed by atoms with Crippen LogP contribution in [0.15, 0.2) is 48.5 Å². The summed E-state index contributed by atoms with van der Waals surface area (Å²) < 4.78 is 0. The van der Waals surface area contributed by atoms with E-state index in [9.17, 15) is 9.59 Å². The minimum Gasteiger partial charge on any atom is -0.335 e. The highest BCUT2D eigenvalue weighted by molar-refractivity contribution is 6.05. The van der Waals surface area contributed by atoms with Crippen molar-refractivity contribution < 1.29 is 9.59 Å². The second-order valence-corrected chi connectivity index (χ2v) is 6.35. The van der Waals surface area contributed by atoms with E-state index in [1.165, 1.54) is 0 Å². The largest absolute Gasteiger partial charge is 0.335 e. The van der Waals surface area contributed by atoms with E-state index >= 15 is 0 Å². The van der Waals surface area contributed by atoms with E-state index in [2.05, 4.69) is 21.3 Å². The molecule has 3 amide bonds. The molecule has 0 saturated heterocycles. The quantitative estimate of drug-likeness (QED) is 0.583. The summed E-state index contributed by atoms with van der Waals surface area (Å²) in [6, 6.07) is 14.7. The summed E-state index contributed by atoms with van der Waals surface area (Å²) in [6.07, 6.45) is 2.06. The molecular weight excluding hydrogens is 364 g/mol. The maximum atomic E-state index is 12.6. The topological polar surface area (TPSA) is 82.3 Å². The number of amides is 3. The molecule has 0 bridgehead atoms. The lowest BCUT2D eigenvalue weighted by molar-refractivity contribution is 0.102. The molecule has 2 aromatic carbocycles. The molecule has 0 spiro atoms. The third-order valence-electron chi connectivity index (χ3n) is 4.13. The van der Waals surface area contributed by atoms with Crippen LogP contribution in [0.1, 0.15) is 35.7 Å². The summed E-state index contributed by atoms with van der Waals surface area (Å²) in [5, 5.41) is 11.8. The van der Waals surface area contributed by atoms with Gasteiger partial charge in [0.2, 0.25) is 0 Å². The number of hydrogen-bond donors (Lipinski definition) is 4. The van der Waals surface area contributed by atoms with E-state index in [4.69, 9.17) is 0 Å². The van der Waals surface area contributed by atoms with E-state index in [0.717, 1.165) is 30.6 Å². The maximum Gasteiger partial charge on any atom is 0.319 e. The molecule has 0 aromatic heterocycles. The summed E-state index contributed by atoms with van der Waals surface area (Å²) >= 11 is 0. The zero-order valence-electron chi connectivity index (χ0n) is 15.2. The van der Waals surface area contributed by atoms with Gasteiger partial charge in [0.05, 0.1) is 0 Å². The first-order valence-electron chi connectivity index (χ1n) is 8.93. The highest BCUT2D eigenvalue weighted by Gasteiger charge is 2.23. The molecule has 0 atom stereocenters. The van der Waals surface area contributed by atoms with Crippen LogP contribution in [0.25, 0.3) is 0 Å². The highest BCUT2D eigenvalue weighted by atomic mass is 35.5. The molecule has 6 nitrogen and oxygen atoms in total. The maximum absolute atomic E-state index is 12.6. The lowest BCUT2D eigenvalue weighted by Gasteiger charge is -2.12. The van der Waals surface area contributed by atoms with Gasteiger partial charge in [-0.2, -0.15) is 0 Å². The molecular formula is C20H25ClN4O2. The van der Waals surface area contributed by atoms with E-state index in [1.54, 1.807) is 24.3 Å². The van der Waals surface area contributed by atoms with Crippen molar-refractivity contribution >= 4 is 35.7 Å². The smallest absolute Gasteiger partial charge is 0.319 e. The second kappa shape index (κ2) is 9.94. The Kier molecular flexibility index (Phi) is 7.64. The molecule has 1 aliphatic carbocycles. The van der Waals surface area contributed by atoms with Crippen LogP contribution in [0, 0.1) is 0 Å². The Morgan fingerprint density at radius 1 is 1.04 bits per heavy atom. The fourth-order valence-electron chi connectivity index (χ4n) is 2.57. The van der Waals surface area contributed by atoms with Crippen molar-refractivity contribution in [1.29, 1.82) is 0 Å². The Labute approximate surface area is 165 Å². The monoisotopic (exact) mass is 388 g/mol. The number of carbonyl (C=O) groups excluding carboxylic acids is 2. The number of para-hydroxylation sites is 1. The van der Waals surface area contributed by atoms with Gasteiger partial charge >= 0.3 is 6.03 Å². The van der Waals surface area contributed by atoms with Gasteiger partial charge in [0, 0.05) is 29.5 Å². The number of urea groups is 1. The minimum atomic E-state index is -0.235. The normalized spacial score (nSPS) is 12.6. The fourth-order valence-corrected chi connectivity index (χ4v) is 2.57. The molecule has 0 unspecified atom stereocenters. The molecule has 1 fully saturated rings. The highest BCUT2D eigenvalue weighted by Crippen LogP contribution is 2.20. The molecule has 1 aliphatic rings. The summed E-state index contributed by atoms with van der Waals surface area (Å²) in [7, 11) is 0. The third kappa shape index (κ3) is 6.27. The Bertz CT molecular complexity index is 793. The van der Waals surface area contributed by atoms with Crippen molar-refractivity contribution in [1.82, 2.24) is 10.6 Å². The van der Waals surface area contributed by atoms with Gasteiger partial charge in [-0.05, 0) is 49.2 Å². The van der Waals surface area contributed by atoms with Gasteiger partial charge < -0.3 is 21.3 Å². The molecule has 7 heteroatoms. The molecule has 2 aromatic rings. The number of rotatable bonds is 7. The van der Waals surface area contributed by atoms with Crippen LogP contribution in [0.4, 0.5) is 16.2 Å². The fraction of sp³-hybridized carbons (Fsp3) is 0.300. The van der Waals surface area contributed by atoms with Gasteiger partial charge in [-0.15, -0.1) is 12.4 Å². The molecule has 0 aliphatic heterocycles. The standard InChI is InChI=1S/C20H24N4O2.ClH/c1-2-21-13-15-6-3-4-9-18(15)24-19(25)14-7-5-8-17(12-14)23-20(26)22-16-10-11-16;/h3-9,12,16,21H,2,10-11,13H2,1H3,(H,24,25)(H2,22,23,26);1H. The summed E-state index contributed by atoms with van der Waals surface area (Å²) in [5.74, 6) is -0.208. The Morgan fingerprint density at radius 3 is 2.56 bits per heavy atom. The van der Waals surface area contributed by atoms with Crippen molar-refractivity contribution in [2.24, 2.45) is 0 Å². The van der Waals surface area contributed by atoms with E-state index in [0.29, 0.717) is 17.8 Å². The predicted octanol–water partition coefficient (Wildman–Crippen LogP) is 3.75. The Morgan fingerprint density at radius 2 is 1.81 bits per heavy atom. The number of halogens is 1. The van der Waals surface area contributed by atoms with Crippen molar-refractivity contribution in [3.8, 4) is 0 Å². The SMILES string of the molecule is CCNCc1ccccc1NC(=O)c1cccc(NC(=O)NC2CC2)c1.Cl. The van der Waals surface area contributed by atoms with Crippen LogP contribution in [-0.4, -0.2) is 24.5 Å². The van der Waals surface area contributed by atoms with Crippen LogP contribution >= 0.6 is 12.4 Å². The van der Waals surface area contributed by atoms with Gasteiger partial charge in [-0.1, -0.05) is 31.2 Å². The lowest BCUT2D eigenvalue weighted by atomic mass is 10.1. The van der Waals surface area contributed by atoms with Gasteiger partial charge in [-0.25, -0.2) is 4.79 Å². The van der Waals surface area contributed by atoms with Crippen LogP contribution in [0.3, 0.4) is 0 Å². The molecule has 4 N–H and O–H groups in total. The molecule has 0 radical (unpaired) electrons. The first-order valence-corrected chi connectivity index (χ1v) is 8.93. The van der Waals surface area contributed by atoms with Crippen molar-refractivity contribution in [2.75, 3.05) is 17.2 Å². The molecule has 3 rings (SSSR count). The van der Waals surface area contributed by atoms with Gasteiger partial charge in [0.15, 0.2) is 0 Å². The van der Waals surface area contributed by atoms with Crippen molar-refractivity contribution in [3.63, 3.8) is 0 Å². The lowest BCUT2D eigenvalue weighted by Crippen LogP contribution is -2.30. The summed E-state index contributed by atoms with van der Waals surface area (Å²) in [6.45, 7) is 3.59. The van der Waals surface area contributed by atoms with Crippen LogP contribution in [0.2, 0.25) is 0 Å². The van der Waals surface area contributed by atoms with Gasteiger partial charge in [-0.3, -0.25) is 4.79 Å². The minimum absolute atomic E-state index is 0. The Balaban J connectivity index is 0.00000261. The number of anilines is 2.